The van der Waals surface area contributed by atoms with Crippen LogP contribution in [0.25, 0.3) is 0 Å². The van der Waals surface area contributed by atoms with Crippen LogP contribution in [0, 0.1) is 5.82 Å². The number of amides is 1. The van der Waals surface area contributed by atoms with Crippen molar-refractivity contribution in [2.45, 2.75) is 18.4 Å². The van der Waals surface area contributed by atoms with Gasteiger partial charge in [-0.15, -0.1) is 0 Å². The zero-order chi connectivity index (χ0) is 15.5. The minimum absolute atomic E-state index is 0.155. The lowest BCUT2D eigenvalue weighted by molar-refractivity contribution is -0.143. The normalized spacial score (nSPS) is 17.3. The van der Waals surface area contributed by atoms with Crippen LogP contribution in [0.1, 0.15) is 12.8 Å². The van der Waals surface area contributed by atoms with Crippen LogP contribution in [-0.4, -0.2) is 45.9 Å². The first-order valence-corrected chi connectivity index (χ1v) is 6.91. The van der Waals surface area contributed by atoms with Gasteiger partial charge in [-0.2, -0.15) is 0 Å². The van der Waals surface area contributed by atoms with Crippen molar-refractivity contribution < 1.29 is 18.7 Å². The zero-order valence-corrected chi connectivity index (χ0v) is 12.6. The standard InChI is InChI=1S/C15H21FN2O3/c1-18(11-4-5-13(20-2)12(16)10-11)14(19)15(21-3)6-8-17-9-7-15/h4-5,10,17H,6-9H2,1-3H3. The third kappa shape index (κ3) is 3.01. The largest absolute Gasteiger partial charge is 0.494 e. The first-order valence-electron chi connectivity index (χ1n) is 6.91. The molecule has 21 heavy (non-hydrogen) atoms. The molecule has 1 fully saturated rings. The second-order valence-electron chi connectivity index (χ2n) is 5.13. The van der Waals surface area contributed by atoms with Crippen molar-refractivity contribution >= 4 is 11.6 Å². The lowest BCUT2D eigenvalue weighted by Crippen LogP contribution is -2.54. The fourth-order valence-corrected chi connectivity index (χ4v) is 2.62. The van der Waals surface area contributed by atoms with Crippen LogP contribution in [-0.2, 0) is 9.53 Å². The highest BCUT2D eigenvalue weighted by Gasteiger charge is 2.41. The van der Waals surface area contributed by atoms with Gasteiger partial charge < -0.3 is 19.7 Å². The van der Waals surface area contributed by atoms with Crippen LogP contribution >= 0.6 is 0 Å². The van der Waals surface area contributed by atoms with Gasteiger partial charge in [0, 0.05) is 25.9 Å². The Morgan fingerprint density at radius 3 is 2.52 bits per heavy atom. The number of rotatable bonds is 4. The number of ether oxygens (including phenoxy) is 2. The summed E-state index contributed by atoms with van der Waals surface area (Å²) in [7, 11) is 4.58. The number of piperidine rings is 1. The second kappa shape index (κ2) is 6.41. The Hall–Kier alpha value is -1.66. The van der Waals surface area contributed by atoms with Gasteiger partial charge in [0.1, 0.15) is 5.60 Å². The maximum Gasteiger partial charge on any atom is 0.259 e. The van der Waals surface area contributed by atoms with E-state index in [9.17, 15) is 9.18 Å². The molecule has 2 rings (SSSR count). The van der Waals surface area contributed by atoms with E-state index in [1.165, 1.54) is 24.1 Å². The number of hydrogen-bond donors (Lipinski definition) is 1. The molecule has 1 heterocycles. The molecule has 1 aliphatic rings. The van der Waals surface area contributed by atoms with E-state index in [1.54, 1.807) is 20.2 Å². The van der Waals surface area contributed by atoms with E-state index < -0.39 is 11.4 Å². The third-order valence-electron chi connectivity index (χ3n) is 4.02. The molecular formula is C15H21FN2O3. The Morgan fingerprint density at radius 2 is 2.00 bits per heavy atom. The number of benzene rings is 1. The number of carbonyl (C=O) groups is 1. The molecule has 116 valence electrons. The monoisotopic (exact) mass is 296 g/mol. The van der Waals surface area contributed by atoms with E-state index in [2.05, 4.69) is 5.32 Å². The summed E-state index contributed by atoms with van der Waals surface area (Å²) in [6.45, 7) is 1.45. The molecule has 0 unspecified atom stereocenters. The van der Waals surface area contributed by atoms with Crippen molar-refractivity contribution in [3.05, 3.63) is 24.0 Å². The average molecular weight is 296 g/mol. The van der Waals surface area contributed by atoms with Gasteiger partial charge in [0.05, 0.1) is 7.11 Å². The summed E-state index contributed by atoms with van der Waals surface area (Å²) >= 11 is 0. The summed E-state index contributed by atoms with van der Waals surface area (Å²) < 4.78 is 24.2. The van der Waals surface area contributed by atoms with Crippen molar-refractivity contribution in [3.63, 3.8) is 0 Å². The van der Waals surface area contributed by atoms with Crippen LogP contribution in [0.15, 0.2) is 18.2 Å². The summed E-state index contributed by atoms with van der Waals surface area (Å²) in [5.74, 6) is -0.495. The molecule has 1 N–H and O–H groups in total. The van der Waals surface area contributed by atoms with E-state index in [1.807, 2.05) is 0 Å². The van der Waals surface area contributed by atoms with E-state index in [-0.39, 0.29) is 11.7 Å². The van der Waals surface area contributed by atoms with Crippen molar-refractivity contribution in [1.82, 2.24) is 5.32 Å². The molecule has 0 bridgehead atoms. The molecule has 0 aromatic heterocycles. The van der Waals surface area contributed by atoms with Gasteiger partial charge in [0.15, 0.2) is 11.6 Å². The predicted octanol–water partition coefficient (Wildman–Crippen LogP) is 1.57. The number of likely N-dealkylation sites (N-methyl/N-ethyl adjacent to an activating group) is 1. The molecule has 5 nitrogen and oxygen atoms in total. The van der Waals surface area contributed by atoms with Crippen LogP contribution in [0.2, 0.25) is 0 Å². The SMILES string of the molecule is COc1ccc(N(C)C(=O)C2(OC)CCNCC2)cc1F. The highest BCUT2D eigenvalue weighted by atomic mass is 19.1. The fraction of sp³-hybridized carbons (Fsp3) is 0.533. The maximum atomic E-state index is 13.8. The molecule has 6 heteroatoms. The number of anilines is 1. The molecule has 1 aliphatic heterocycles. The molecule has 0 radical (unpaired) electrons. The lowest BCUT2D eigenvalue weighted by atomic mass is 9.90. The summed E-state index contributed by atoms with van der Waals surface area (Å²) in [5, 5.41) is 3.20. The Morgan fingerprint density at radius 1 is 1.33 bits per heavy atom. The van der Waals surface area contributed by atoms with Gasteiger partial charge in [-0.25, -0.2) is 4.39 Å². The van der Waals surface area contributed by atoms with Crippen molar-refractivity contribution in [2.75, 3.05) is 39.3 Å². The third-order valence-corrected chi connectivity index (χ3v) is 4.02. The van der Waals surface area contributed by atoms with E-state index in [0.717, 1.165) is 13.1 Å². The lowest BCUT2D eigenvalue weighted by Gasteiger charge is -2.37. The minimum Gasteiger partial charge on any atom is -0.494 e. The first kappa shape index (κ1) is 15.7. The molecule has 0 aliphatic carbocycles. The molecule has 0 saturated carbocycles. The number of hydrogen-bond acceptors (Lipinski definition) is 4. The molecule has 0 atom stereocenters. The molecule has 1 aromatic rings. The van der Waals surface area contributed by atoms with Gasteiger partial charge in [-0.3, -0.25) is 4.79 Å². The number of halogens is 1. The minimum atomic E-state index is -0.837. The Balaban J connectivity index is 2.23. The number of nitrogens with zero attached hydrogens (tertiary/aromatic N) is 1. The molecule has 1 aromatic carbocycles. The number of nitrogens with one attached hydrogen (secondary N) is 1. The van der Waals surface area contributed by atoms with Gasteiger partial charge in [-0.1, -0.05) is 0 Å². The maximum absolute atomic E-state index is 13.8. The van der Waals surface area contributed by atoms with Gasteiger partial charge in [-0.05, 0) is 38.1 Å². The highest BCUT2D eigenvalue weighted by Crippen LogP contribution is 2.29. The number of carbonyl (C=O) groups excluding carboxylic acids is 1. The molecule has 1 saturated heterocycles. The predicted molar refractivity (Wildman–Crippen MR) is 78.2 cm³/mol. The van der Waals surface area contributed by atoms with E-state index in [0.29, 0.717) is 18.5 Å². The fourth-order valence-electron chi connectivity index (χ4n) is 2.62. The van der Waals surface area contributed by atoms with Crippen LogP contribution in [0.5, 0.6) is 5.75 Å². The Bertz CT molecular complexity index is 516. The Labute approximate surface area is 124 Å². The van der Waals surface area contributed by atoms with Crippen LogP contribution < -0.4 is 15.0 Å². The molecule has 1 amide bonds. The summed E-state index contributed by atoms with van der Waals surface area (Å²) in [6.07, 6.45) is 1.20. The summed E-state index contributed by atoms with van der Waals surface area (Å²) in [4.78, 5) is 14.2. The average Bonchev–Trinajstić information content (AvgIpc) is 2.54. The first-order chi connectivity index (χ1) is 10.0. The zero-order valence-electron chi connectivity index (χ0n) is 12.6. The van der Waals surface area contributed by atoms with Crippen molar-refractivity contribution in [1.29, 1.82) is 0 Å². The second-order valence-corrected chi connectivity index (χ2v) is 5.13. The van der Waals surface area contributed by atoms with Crippen molar-refractivity contribution in [3.8, 4) is 5.75 Å². The Kier molecular flexibility index (Phi) is 4.80. The van der Waals surface area contributed by atoms with Gasteiger partial charge >= 0.3 is 0 Å². The van der Waals surface area contributed by atoms with Crippen LogP contribution in [0.4, 0.5) is 10.1 Å². The molecular weight excluding hydrogens is 275 g/mol. The van der Waals surface area contributed by atoms with E-state index in [4.69, 9.17) is 9.47 Å². The quantitative estimate of drug-likeness (QED) is 0.916. The van der Waals surface area contributed by atoms with Gasteiger partial charge in [0.2, 0.25) is 0 Å². The van der Waals surface area contributed by atoms with E-state index >= 15 is 0 Å². The highest BCUT2D eigenvalue weighted by molar-refractivity contribution is 5.99. The number of methoxy groups -OCH3 is 2. The smallest absolute Gasteiger partial charge is 0.259 e. The topological polar surface area (TPSA) is 50.8 Å². The summed E-state index contributed by atoms with van der Waals surface area (Å²) in [6, 6.07) is 4.46. The summed E-state index contributed by atoms with van der Waals surface area (Å²) in [5.41, 5.74) is -0.357. The van der Waals surface area contributed by atoms with Crippen LogP contribution in [0.3, 0.4) is 0 Å². The van der Waals surface area contributed by atoms with Crippen molar-refractivity contribution in [2.24, 2.45) is 0 Å². The van der Waals surface area contributed by atoms with Gasteiger partial charge in [0.25, 0.3) is 5.91 Å². The molecule has 0 spiro atoms.